The van der Waals surface area contributed by atoms with Crippen molar-refractivity contribution in [1.29, 1.82) is 0 Å². The van der Waals surface area contributed by atoms with E-state index in [4.69, 9.17) is 0 Å². The van der Waals surface area contributed by atoms with Crippen LogP contribution in [0.5, 0.6) is 0 Å². The highest BCUT2D eigenvalue weighted by atomic mass is 32.2. The molecule has 0 amide bonds. The summed E-state index contributed by atoms with van der Waals surface area (Å²) >= 11 is 2.01. The lowest BCUT2D eigenvalue weighted by Crippen LogP contribution is -2.44. The molecule has 0 radical (unpaired) electrons. The largest absolute Gasteiger partial charge is 0.356 e. The maximum atomic E-state index is 4.40. The van der Waals surface area contributed by atoms with Crippen LogP contribution >= 0.6 is 11.8 Å². The third kappa shape index (κ3) is 4.28. The van der Waals surface area contributed by atoms with Crippen molar-refractivity contribution < 1.29 is 0 Å². The van der Waals surface area contributed by atoms with E-state index in [2.05, 4.69) is 26.8 Å². The predicted molar refractivity (Wildman–Crippen MR) is 92.1 cm³/mol. The van der Waals surface area contributed by atoms with Crippen molar-refractivity contribution >= 4 is 17.7 Å². The first kappa shape index (κ1) is 15.5. The number of hydrogen-bond acceptors (Lipinski definition) is 3. The van der Waals surface area contributed by atoms with E-state index in [1.807, 2.05) is 18.8 Å². The van der Waals surface area contributed by atoms with Crippen LogP contribution < -0.4 is 10.6 Å². The number of hydrogen-bond donors (Lipinski definition) is 2. The van der Waals surface area contributed by atoms with Crippen LogP contribution in [0.2, 0.25) is 0 Å². The van der Waals surface area contributed by atoms with Gasteiger partial charge in [-0.2, -0.15) is 11.8 Å². The predicted octanol–water partition coefficient (Wildman–Crippen LogP) is 1.92. The number of nitrogens with one attached hydrogen (secondary N) is 2. The summed E-state index contributed by atoms with van der Waals surface area (Å²) in [6.45, 7) is 3.66. The molecule has 4 nitrogen and oxygen atoms in total. The summed E-state index contributed by atoms with van der Waals surface area (Å²) < 4.78 is 0. The highest BCUT2D eigenvalue weighted by Gasteiger charge is 2.34. The van der Waals surface area contributed by atoms with E-state index < -0.39 is 0 Å². The number of likely N-dealkylation sites (tertiary alicyclic amines) is 1. The van der Waals surface area contributed by atoms with Crippen molar-refractivity contribution in [3.8, 4) is 0 Å². The lowest BCUT2D eigenvalue weighted by molar-refractivity contribution is 0.314. The Hall–Kier alpha value is -0.420. The molecule has 1 saturated heterocycles. The van der Waals surface area contributed by atoms with Gasteiger partial charge in [0.05, 0.1) is 0 Å². The van der Waals surface area contributed by atoms with E-state index in [0.717, 1.165) is 29.7 Å². The molecule has 3 aliphatic rings. The zero-order valence-corrected chi connectivity index (χ0v) is 14.3. The zero-order valence-electron chi connectivity index (χ0n) is 13.5. The maximum absolute atomic E-state index is 4.40. The summed E-state index contributed by atoms with van der Waals surface area (Å²) in [5, 5.41) is 8.00. The second-order valence-electron chi connectivity index (χ2n) is 6.85. The molecule has 3 unspecified atom stereocenters. The first-order valence-electron chi connectivity index (χ1n) is 8.52. The van der Waals surface area contributed by atoms with E-state index in [-0.39, 0.29) is 0 Å². The van der Waals surface area contributed by atoms with Crippen LogP contribution in [-0.2, 0) is 0 Å². The van der Waals surface area contributed by atoms with Gasteiger partial charge in [-0.15, -0.1) is 0 Å². The van der Waals surface area contributed by atoms with Gasteiger partial charge in [0.15, 0.2) is 5.96 Å². The number of aliphatic imine (C=N–C) groups is 1. The van der Waals surface area contributed by atoms with E-state index >= 15 is 0 Å². The quantitative estimate of drug-likeness (QED) is 0.601. The number of thioether (sulfide) groups is 1. The zero-order chi connectivity index (χ0) is 14.7. The Morgan fingerprint density at radius 3 is 2.76 bits per heavy atom. The van der Waals surface area contributed by atoms with Crippen LogP contribution in [0.1, 0.15) is 38.5 Å². The van der Waals surface area contributed by atoms with Gasteiger partial charge in [-0.05, 0) is 57.2 Å². The van der Waals surface area contributed by atoms with Gasteiger partial charge in [0.2, 0.25) is 0 Å². The summed E-state index contributed by atoms with van der Waals surface area (Å²) in [5.74, 6) is 1.80. The maximum Gasteiger partial charge on any atom is 0.191 e. The molecule has 0 aromatic rings. The van der Waals surface area contributed by atoms with E-state index in [1.165, 1.54) is 51.6 Å². The molecule has 0 aromatic heterocycles. The molecule has 2 N–H and O–H groups in total. The molecule has 2 aliphatic carbocycles. The Labute approximate surface area is 133 Å². The molecule has 0 aromatic carbocycles. The van der Waals surface area contributed by atoms with Crippen LogP contribution in [0.25, 0.3) is 0 Å². The molecule has 1 aliphatic heterocycles. The van der Waals surface area contributed by atoms with Gasteiger partial charge in [0, 0.05) is 37.5 Å². The minimum absolute atomic E-state index is 0.611. The Balaban J connectivity index is 1.37. The minimum atomic E-state index is 0.611. The molecule has 2 saturated carbocycles. The topological polar surface area (TPSA) is 39.7 Å². The van der Waals surface area contributed by atoms with Gasteiger partial charge < -0.3 is 15.5 Å². The summed E-state index contributed by atoms with van der Waals surface area (Å²) in [4.78, 5) is 7.09. The van der Waals surface area contributed by atoms with Crippen molar-refractivity contribution in [2.75, 3.05) is 32.9 Å². The van der Waals surface area contributed by atoms with Crippen LogP contribution in [0.4, 0.5) is 0 Å². The number of rotatable bonds is 5. The SMILES string of the molecule is CN=C(NCC1CCN(C2CC2)C1)NC1CCC(SC)C1. The van der Waals surface area contributed by atoms with Crippen LogP contribution in [0, 0.1) is 5.92 Å². The van der Waals surface area contributed by atoms with E-state index in [9.17, 15) is 0 Å². The van der Waals surface area contributed by atoms with Gasteiger partial charge in [-0.3, -0.25) is 4.99 Å². The van der Waals surface area contributed by atoms with E-state index in [1.54, 1.807) is 0 Å². The molecule has 0 spiro atoms. The number of guanidine groups is 1. The Bertz CT molecular complexity index is 369. The summed E-state index contributed by atoms with van der Waals surface area (Å²) in [5.41, 5.74) is 0. The van der Waals surface area contributed by atoms with E-state index in [0.29, 0.717) is 6.04 Å². The van der Waals surface area contributed by atoms with Crippen LogP contribution in [0.3, 0.4) is 0 Å². The Kier molecular flexibility index (Phi) is 5.33. The average Bonchev–Trinajstić information content (AvgIpc) is 3.08. The van der Waals surface area contributed by atoms with Crippen LogP contribution in [-0.4, -0.2) is 61.1 Å². The molecule has 120 valence electrons. The van der Waals surface area contributed by atoms with Gasteiger partial charge >= 0.3 is 0 Å². The molecule has 3 atom stereocenters. The van der Waals surface area contributed by atoms with Crippen LogP contribution in [0.15, 0.2) is 4.99 Å². The lowest BCUT2D eigenvalue weighted by Gasteiger charge is -2.19. The smallest absolute Gasteiger partial charge is 0.191 e. The second-order valence-corrected chi connectivity index (χ2v) is 7.98. The number of nitrogens with zero attached hydrogens (tertiary/aromatic N) is 2. The molecule has 3 rings (SSSR count). The fraction of sp³-hybridized carbons (Fsp3) is 0.938. The molecule has 1 heterocycles. The molecular weight excluding hydrogens is 280 g/mol. The van der Waals surface area contributed by atoms with Gasteiger partial charge in [-0.25, -0.2) is 0 Å². The van der Waals surface area contributed by atoms with Crippen molar-refractivity contribution in [3.05, 3.63) is 0 Å². The first-order chi connectivity index (χ1) is 10.3. The third-order valence-electron chi connectivity index (χ3n) is 5.22. The average molecular weight is 311 g/mol. The summed E-state index contributed by atoms with van der Waals surface area (Å²) in [6.07, 6.45) is 10.3. The van der Waals surface area contributed by atoms with Gasteiger partial charge in [0.1, 0.15) is 0 Å². The minimum Gasteiger partial charge on any atom is -0.356 e. The third-order valence-corrected chi connectivity index (χ3v) is 6.32. The van der Waals surface area contributed by atoms with Gasteiger partial charge in [-0.1, -0.05) is 0 Å². The standard InChI is InChI=1S/C16H30N4S/c1-17-16(19-13-3-6-15(9-13)21-2)18-10-12-7-8-20(11-12)14-4-5-14/h12-15H,3-11H2,1-2H3,(H2,17,18,19). The summed E-state index contributed by atoms with van der Waals surface area (Å²) in [7, 11) is 1.89. The fourth-order valence-corrected chi connectivity index (χ4v) is 4.51. The lowest BCUT2D eigenvalue weighted by atomic mass is 10.1. The monoisotopic (exact) mass is 310 g/mol. The van der Waals surface area contributed by atoms with Crippen molar-refractivity contribution in [3.63, 3.8) is 0 Å². The molecule has 5 heteroatoms. The Morgan fingerprint density at radius 2 is 2.10 bits per heavy atom. The van der Waals surface area contributed by atoms with Crippen molar-refractivity contribution in [2.45, 2.75) is 55.9 Å². The molecule has 21 heavy (non-hydrogen) atoms. The summed E-state index contributed by atoms with van der Waals surface area (Å²) in [6, 6.07) is 1.54. The molecule has 3 fully saturated rings. The highest BCUT2D eigenvalue weighted by molar-refractivity contribution is 7.99. The second kappa shape index (κ2) is 7.23. The van der Waals surface area contributed by atoms with Crippen molar-refractivity contribution in [2.24, 2.45) is 10.9 Å². The molecule has 0 bridgehead atoms. The normalized spacial score (nSPS) is 34.4. The Morgan fingerprint density at radius 1 is 1.24 bits per heavy atom. The highest BCUT2D eigenvalue weighted by Crippen LogP contribution is 2.31. The first-order valence-corrected chi connectivity index (χ1v) is 9.81. The van der Waals surface area contributed by atoms with Crippen molar-refractivity contribution in [1.82, 2.24) is 15.5 Å². The fourth-order valence-electron chi connectivity index (χ4n) is 3.71. The van der Waals surface area contributed by atoms with Gasteiger partial charge in [0.25, 0.3) is 0 Å². The molecular formula is C16H30N4S.